The summed E-state index contributed by atoms with van der Waals surface area (Å²) in [5, 5.41) is 8.63. The summed E-state index contributed by atoms with van der Waals surface area (Å²) in [4.78, 5) is 13.8. The van der Waals surface area contributed by atoms with E-state index in [0.717, 1.165) is 39.1 Å². The van der Waals surface area contributed by atoms with Crippen LogP contribution in [0.2, 0.25) is 0 Å². The van der Waals surface area contributed by atoms with Gasteiger partial charge in [-0.3, -0.25) is 0 Å². The number of ether oxygens (including phenoxy) is 1. The molecule has 1 aliphatic rings. The van der Waals surface area contributed by atoms with E-state index in [-0.39, 0.29) is 6.03 Å². The number of nitrogens with zero attached hydrogens (tertiary/aromatic N) is 1. The number of benzene rings is 1. The zero-order chi connectivity index (χ0) is 16.9. The summed E-state index contributed by atoms with van der Waals surface area (Å²) in [6.07, 6.45) is 0.980. The summed E-state index contributed by atoms with van der Waals surface area (Å²) >= 11 is 0. The van der Waals surface area contributed by atoms with Crippen molar-refractivity contribution in [3.63, 3.8) is 0 Å². The van der Waals surface area contributed by atoms with Crippen LogP contribution in [0.1, 0.15) is 20.3 Å². The van der Waals surface area contributed by atoms with Crippen LogP contribution in [0.25, 0.3) is 0 Å². The number of rotatable bonds is 6. The first-order valence-electron chi connectivity index (χ1n) is 8.43. The molecule has 6 nitrogen and oxygen atoms in total. The molecule has 0 saturated carbocycles. The Bertz CT molecular complexity index is 448. The highest BCUT2D eigenvalue weighted by Gasteiger charge is 2.09. The molecule has 0 aromatic heterocycles. The van der Waals surface area contributed by atoms with Crippen molar-refractivity contribution in [3.8, 4) is 5.75 Å². The molecule has 2 amide bonds. The molecule has 1 aromatic rings. The number of carbonyl (C=O) groups is 1. The summed E-state index contributed by atoms with van der Waals surface area (Å²) in [6.45, 7) is 10.0. The van der Waals surface area contributed by atoms with E-state index in [1.54, 1.807) is 7.05 Å². The van der Waals surface area contributed by atoms with Crippen LogP contribution in [0.4, 0.5) is 10.5 Å². The molecule has 1 fully saturated rings. The Morgan fingerprint density at radius 1 is 1.26 bits per heavy atom. The Morgan fingerprint density at radius 2 is 1.96 bits per heavy atom. The van der Waals surface area contributed by atoms with E-state index in [2.05, 4.69) is 20.9 Å². The molecule has 0 bridgehead atoms. The zero-order valence-corrected chi connectivity index (χ0v) is 14.5. The fraction of sp³-hybridized carbons (Fsp3) is 0.588. The van der Waals surface area contributed by atoms with Gasteiger partial charge in [-0.2, -0.15) is 0 Å². The second kappa shape index (κ2) is 11.7. The van der Waals surface area contributed by atoms with Crippen molar-refractivity contribution in [1.82, 2.24) is 15.5 Å². The molecule has 2 rings (SSSR count). The number of hydrogen-bond donors (Lipinski definition) is 3. The lowest BCUT2D eigenvalue weighted by atomic mass is 10.3. The molecule has 0 spiro atoms. The van der Waals surface area contributed by atoms with Gasteiger partial charge < -0.3 is 25.6 Å². The summed E-state index contributed by atoms with van der Waals surface area (Å²) < 4.78 is 5.79. The number of para-hydroxylation sites is 2. The molecule has 23 heavy (non-hydrogen) atoms. The van der Waals surface area contributed by atoms with E-state index < -0.39 is 0 Å². The number of anilines is 1. The van der Waals surface area contributed by atoms with Crippen molar-refractivity contribution in [3.05, 3.63) is 24.3 Å². The molecular formula is C17H30N4O2. The number of nitrogens with one attached hydrogen (secondary N) is 3. The summed E-state index contributed by atoms with van der Waals surface area (Å²) in [5.74, 6) is 0.710. The molecule has 1 saturated heterocycles. The Hall–Kier alpha value is -1.79. The lowest BCUT2D eigenvalue weighted by molar-refractivity contribution is 0.214. The minimum absolute atomic E-state index is 0.244. The second-order valence-corrected chi connectivity index (χ2v) is 4.99. The largest absolute Gasteiger partial charge is 0.491 e. The predicted octanol–water partition coefficient (Wildman–Crippen LogP) is 2.14. The van der Waals surface area contributed by atoms with Crippen LogP contribution in [0, 0.1) is 0 Å². The van der Waals surface area contributed by atoms with Crippen molar-refractivity contribution in [2.75, 3.05) is 51.7 Å². The summed E-state index contributed by atoms with van der Waals surface area (Å²) in [6, 6.07) is 7.24. The maximum atomic E-state index is 11.4. The highest BCUT2D eigenvalue weighted by Crippen LogP contribution is 2.23. The normalized spacial score (nSPS) is 14.4. The van der Waals surface area contributed by atoms with E-state index in [1.807, 2.05) is 38.1 Å². The standard InChI is InChI=1S/C15H24N4O2.C2H6/c1-16-15(20)18-13-5-2-3-6-14(13)21-12-4-9-19-10-7-17-8-11-19;1-2/h2-3,5-6,17H,4,7-12H2,1H3,(H2,16,18,20);1-2H3. The van der Waals surface area contributed by atoms with Gasteiger partial charge >= 0.3 is 6.03 Å². The van der Waals surface area contributed by atoms with Gasteiger partial charge in [0.25, 0.3) is 0 Å². The molecule has 3 N–H and O–H groups in total. The molecule has 0 aliphatic carbocycles. The predicted molar refractivity (Wildman–Crippen MR) is 95.3 cm³/mol. The van der Waals surface area contributed by atoms with Gasteiger partial charge in [-0.15, -0.1) is 0 Å². The van der Waals surface area contributed by atoms with Gasteiger partial charge in [0.15, 0.2) is 0 Å². The molecular weight excluding hydrogens is 292 g/mol. The monoisotopic (exact) mass is 322 g/mol. The number of urea groups is 1. The van der Waals surface area contributed by atoms with Crippen LogP contribution in [0.15, 0.2) is 24.3 Å². The van der Waals surface area contributed by atoms with Gasteiger partial charge in [-0.05, 0) is 18.6 Å². The Balaban J connectivity index is 0.00000127. The van der Waals surface area contributed by atoms with Gasteiger partial charge in [0, 0.05) is 39.8 Å². The third kappa shape index (κ3) is 7.34. The highest BCUT2D eigenvalue weighted by molar-refractivity contribution is 5.90. The fourth-order valence-corrected chi connectivity index (χ4v) is 2.29. The molecule has 0 unspecified atom stereocenters. The van der Waals surface area contributed by atoms with Crippen LogP contribution in [-0.4, -0.2) is 57.3 Å². The molecule has 0 radical (unpaired) electrons. The van der Waals surface area contributed by atoms with Gasteiger partial charge in [0.05, 0.1) is 12.3 Å². The van der Waals surface area contributed by atoms with Crippen LogP contribution >= 0.6 is 0 Å². The maximum absolute atomic E-state index is 11.4. The van der Waals surface area contributed by atoms with E-state index >= 15 is 0 Å². The lowest BCUT2D eigenvalue weighted by Crippen LogP contribution is -2.43. The van der Waals surface area contributed by atoms with E-state index in [9.17, 15) is 4.79 Å². The number of carbonyl (C=O) groups excluding carboxylic acids is 1. The smallest absolute Gasteiger partial charge is 0.319 e. The third-order valence-electron chi connectivity index (χ3n) is 3.45. The van der Waals surface area contributed by atoms with E-state index in [0.29, 0.717) is 18.0 Å². The highest BCUT2D eigenvalue weighted by atomic mass is 16.5. The number of amides is 2. The van der Waals surface area contributed by atoms with Gasteiger partial charge in [0.2, 0.25) is 0 Å². The lowest BCUT2D eigenvalue weighted by Gasteiger charge is -2.27. The van der Waals surface area contributed by atoms with Crippen molar-refractivity contribution in [1.29, 1.82) is 0 Å². The van der Waals surface area contributed by atoms with Crippen LogP contribution in [0.3, 0.4) is 0 Å². The first kappa shape index (κ1) is 19.3. The minimum Gasteiger partial charge on any atom is -0.491 e. The van der Waals surface area contributed by atoms with Crippen molar-refractivity contribution in [2.24, 2.45) is 0 Å². The SMILES string of the molecule is CC.CNC(=O)Nc1ccccc1OCCCN1CCNCC1. The zero-order valence-electron chi connectivity index (χ0n) is 14.5. The maximum Gasteiger partial charge on any atom is 0.319 e. The van der Waals surface area contributed by atoms with Crippen molar-refractivity contribution >= 4 is 11.7 Å². The first-order chi connectivity index (χ1) is 11.3. The Morgan fingerprint density at radius 3 is 2.65 bits per heavy atom. The number of hydrogen-bond acceptors (Lipinski definition) is 4. The van der Waals surface area contributed by atoms with Gasteiger partial charge in [0.1, 0.15) is 5.75 Å². The molecule has 1 heterocycles. The van der Waals surface area contributed by atoms with Gasteiger partial charge in [-0.25, -0.2) is 4.79 Å². The Labute approximate surface area is 139 Å². The fourth-order valence-electron chi connectivity index (χ4n) is 2.29. The minimum atomic E-state index is -0.244. The van der Waals surface area contributed by atoms with Crippen LogP contribution in [0.5, 0.6) is 5.75 Å². The molecule has 1 aliphatic heterocycles. The molecule has 0 atom stereocenters. The Kier molecular flexibility index (Phi) is 9.83. The average molecular weight is 322 g/mol. The second-order valence-electron chi connectivity index (χ2n) is 4.99. The van der Waals surface area contributed by atoms with Gasteiger partial charge in [-0.1, -0.05) is 26.0 Å². The summed E-state index contributed by atoms with van der Waals surface area (Å²) in [7, 11) is 1.59. The summed E-state index contributed by atoms with van der Waals surface area (Å²) in [5.41, 5.74) is 0.694. The quantitative estimate of drug-likeness (QED) is 0.702. The van der Waals surface area contributed by atoms with Crippen LogP contribution < -0.4 is 20.7 Å². The third-order valence-corrected chi connectivity index (χ3v) is 3.45. The van der Waals surface area contributed by atoms with Crippen LogP contribution in [-0.2, 0) is 0 Å². The molecule has 130 valence electrons. The van der Waals surface area contributed by atoms with Crippen molar-refractivity contribution < 1.29 is 9.53 Å². The molecule has 6 heteroatoms. The van der Waals surface area contributed by atoms with E-state index in [4.69, 9.17) is 4.74 Å². The first-order valence-corrected chi connectivity index (χ1v) is 8.43. The average Bonchev–Trinajstić information content (AvgIpc) is 2.62. The number of piperazine rings is 1. The van der Waals surface area contributed by atoms with Crippen molar-refractivity contribution in [2.45, 2.75) is 20.3 Å². The van der Waals surface area contributed by atoms with E-state index in [1.165, 1.54) is 0 Å². The topological polar surface area (TPSA) is 65.6 Å². The molecule has 1 aromatic carbocycles.